The van der Waals surface area contributed by atoms with Crippen molar-refractivity contribution >= 4 is 0 Å². The summed E-state index contributed by atoms with van der Waals surface area (Å²) >= 11 is 0. The molecule has 0 saturated carbocycles. The van der Waals surface area contributed by atoms with E-state index in [4.69, 9.17) is 20.1 Å². The molecule has 10 heavy (non-hydrogen) atoms. The van der Waals surface area contributed by atoms with E-state index in [2.05, 4.69) is 0 Å². The van der Waals surface area contributed by atoms with Crippen LogP contribution in [0.25, 0.3) is 0 Å². The molecule has 4 nitrogen and oxygen atoms in total. The molecule has 0 radical (unpaired) electrons. The van der Waals surface area contributed by atoms with E-state index in [1.807, 2.05) is 0 Å². The average molecular weight is 148 g/mol. The lowest BCUT2D eigenvalue weighted by atomic mass is 10.0. The molecule has 1 heterocycles. The first-order valence-corrected chi connectivity index (χ1v) is 3.34. The molecule has 0 amide bonds. The largest absolute Gasteiger partial charge is 0.394 e. The van der Waals surface area contributed by atoms with Crippen LogP contribution < -0.4 is 0 Å². The summed E-state index contributed by atoms with van der Waals surface area (Å²) in [6.45, 7) is 0.147. The van der Waals surface area contributed by atoms with Gasteiger partial charge in [-0.25, -0.2) is 0 Å². The maximum Gasteiger partial charge on any atom is 0.159 e. The van der Waals surface area contributed by atoms with Crippen molar-refractivity contribution in [1.29, 1.82) is 0 Å². The van der Waals surface area contributed by atoms with Crippen molar-refractivity contribution in [3.8, 4) is 0 Å². The highest BCUT2D eigenvalue weighted by molar-refractivity contribution is 4.74. The predicted octanol–water partition coefficient (Wildman–Crippen LogP) is -1.31. The summed E-state index contributed by atoms with van der Waals surface area (Å²) in [5.74, 6) is -0.315. The lowest BCUT2D eigenvalue weighted by Crippen LogP contribution is -2.30. The first-order valence-electron chi connectivity index (χ1n) is 3.34. The molecule has 60 valence electrons. The molecule has 0 aromatic carbocycles. The Bertz CT molecular complexity index is 106. The number of hydrogen-bond donors (Lipinski definition) is 3. The second-order valence-corrected chi connectivity index (χ2v) is 2.46. The zero-order chi connectivity index (χ0) is 7.56. The van der Waals surface area contributed by atoms with Crippen LogP contribution in [0.5, 0.6) is 0 Å². The molecule has 4 heteroatoms. The Balaban J connectivity index is 2.38. The maximum absolute atomic E-state index is 9.04. The minimum atomic E-state index is -0.901. The average Bonchev–Trinajstić information content (AvgIpc) is 2.34. The van der Waals surface area contributed by atoms with Crippen molar-refractivity contribution in [2.45, 2.75) is 18.8 Å². The van der Waals surface area contributed by atoms with Crippen molar-refractivity contribution in [3.63, 3.8) is 0 Å². The summed E-state index contributed by atoms with van der Waals surface area (Å²) in [5.41, 5.74) is 0. The van der Waals surface area contributed by atoms with Gasteiger partial charge in [-0.3, -0.25) is 0 Å². The molecule has 0 spiro atoms. The smallest absolute Gasteiger partial charge is 0.159 e. The van der Waals surface area contributed by atoms with Crippen molar-refractivity contribution in [2.24, 2.45) is 5.92 Å². The lowest BCUT2D eigenvalue weighted by Gasteiger charge is -2.16. The quantitative estimate of drug-likeness (QED) is 0.455. The molecule has 0 aliphatic carbocycles. The summed E-state index contributed by atoms with van der Waals surface area (Å²) in [4.78, 5) is 0. The van der Waals surface area contributed by atoms with E-state index < -0.39 is 12.4 Å². The zero-order valence-electron chi connectivity index (χ0n) is 5.60. The second-order valence-electron chi connectivity index (χ2n) is 2.46. The van der Waals surface area contributed by atoms with E-state index in [1.54, 1.807) is 0 Å². The van der Waals surface area contributed by atoms with Gasteiger partial charge in [-0.1, -0.05) is 0 Å². The first-order chi connectivity index (χ1) is 4.75. The van der Waals surface area contributed by atoms with Gasteiger partial charge in [-0.05, 0) is 6.42 Å². The van der Waals surface area contributed by atoms with Gasteiger partial charge in [0.25, 0.3) is 0 Å². The number of rotatable bonds is 2. The van der Waals surface area contributed by atoms with Crippen LogP contribution >= 0.6 is 0 Å². The topological polar surface area (TPSA) is 69.9 Å². The molecule has 1 aliphatic rings. The summed E-state index contributed by atoms with van der Waals surface area (Å²) < 4.78 is 4.77. The molecule has 1 saturated heterocycles. The van der Waals surface area contributed by atoms with E-state index in [0.717, 1.165) is 0 Å². The first kappa shape index (κ1) is 7.94. The van der Waals surface area contributed by atoms with Gasteiger partial charge in [0, 0.05) is 5.92 Å². The zero-order valence-corrected chi connectivity index (χ0v) is 5.60. The van der Waals surface area contributed by atoms with Gasteiger partial charge in [0.15, 0.2) is 6.29 Å². The molecule has 1 aliphatic heterocycles. The highest BCUT2D eigenvalue weighted by Crippen LogP contribution is 2.21. The van der Waals surface area contributed by atoms with Crippen molar-refractivity contribution in [2.75, 3.05) is 13.2 Å². The number of aliphatic hydroxyl groups excluding tert-OH is 3. The lowest BCUT2D eigenvalue weighted by molar-refractivity contribution is -0.112. The van der Waals surface area contributed by atoms with Gasteiger partial charge in [0.1, 0.15) is 0 Å². The second kappa shape index (κ2) is 3.30. The van der Waals surface area contributed by atoms with E-state index in [1.165, 1.54) is 0 Å². The third-order valence-electron chi connectivity index (χ3n) is 1.79. The van der Waals surface area contributed by atoms with Gasteiger partial charge in [0.2, 0.25) is 0 Å². The summed E-state index contributed by atoms with van der Waals surface area (Å²) in [6, 6.07) is 0. The Labute approximate surface area is 59.1 Å². The fourth-order valence-corrected chi connectivity index (χ4v) is 1.11. The van der Waals surface area contributed by atoms with Crippen molar-refractivity contribution in [1.82, 2.24) is 0 Å². The molecule has 0 aromatic heterocycles. The summed E-state index contributed by atoms with van der Waals surface area (Å²) in [7, 11) is 0. The molecular formula is C6H12O4. The molecule has 3 atom stereocenters. The summed E-state index contributed by atoms with van der Waals surface area (Å²) in [5, 5.41) is 26.5. The molecule has 0 aromatic rings. The Morgan fingerprint density at radius 1 is 1.60 bits per heavy atom. The third-order valence-corrected chi connectivity index (χ3v) is 1.79. The number of ether oxygens (including phenoxy) is 1. The van der Waals surface area contributed by atoms with E-state index >= 15 is 0 Å². The molecule has 3 N–H and O–H groups in total. The standard InChI is InChI=1S/C6H12O4/c7-3-5(8)4-1-2-10-6(4)9/h4-9H,1-3H2/t4-,5?,6?/m0/s1. The normalized spacial score (nSPS) is 36.3. The SMILES string of the molecule is OCC(O)[C@@H]1CCOC1O. The van der Waals surface area contributed by atoms with Crippen LogP contribution in [0, 0.1) is 5.92 Å². The van der Waals surface area contributed by atoms with Crippen LogP contribution in [0.3, 0.4) is 0 Å². The number of aliphatic hydroxyl groups is 3. The molecule has 0 bridgehead atoms. The summed E-state index contributed by atoms with van der Waals surface area (Å²) in [6.07, 6.45) is -1.14. The molecule has 1 rings (SSSR count). The number of hydrogen-bond acceptors (Lipinski definition) is 4. The Kier molecular flexibility index (Phi) is 2.62. The van der Waals surface area contributed by atoms with Crippen molar-refractivity contribution < 1.29 is 20.1 Å². The molecule has 1 fully saturated rings. The molecular weight excluding hydrogens is 136 g/mol. The van der Waals surface area contributed by atoms with Crippen LogP contribution in [0.1, 0.15) is 6.42 Å². The maximum atomic E-state index is 9.04. The van der Waals surface area contributed by atoms with E-state index in [9.17, 15) is 0 Å². The fraction of sp³-hybridized carbons (Fsp3) is 1.00. The fourth-order valence-electron chi connectivity index (χ4n) is 1.11. The van der Waals surface area contributed by atoms with Crippen LogP contribution in [0.15, 0.2) is 0 Å². The Morgan fingerprint density at radius 2 is 2.30 bits per heavy atom. The minimum absolute atomic E-state index is 0.314. The van der Waals surface area contributed by atoms with Gasteiger partial charge >= 0.3 is 0 Å². The molecule has 2 unspecified atom stereocenters. The van der Waals surface area contributed by atoms with Gasteiger partial charge < -0.3 is 20.1 Å². The van der Waals surface area contributed by atoms with Crippen LogP contribution in [0.2, 0.25) is 0 Å². The minimum Gasteiger partial charge on any atom is -0.394 e. The van der Waals surface area contributed by atoms with Gasteiger partial charge in [-0.2, -0.15) is 0 Å². The monoisotopic (exact) mass is 148 g/mol. The highest BCUT2D eigenvalue weighted by Gasteiger charge is 2.31. The van der Waals surface area contributed by atoms with Gasteiger partial charge in [0.05, 0.1) is 19.3 Å². The highest BCUT2D eigenvalue weighted by atomic mass is 16.6. The Hall–Kier alpha value is -0.160. The van der Waals surface area contributed by atoms with E-state index in [-0.39, 0.29) is 12.5 Å². The van der Waals surface area contributed by atoms with Gasteiger partial charge in [-0.15, -0.1) is 0 Å². The van der Waals surface area contributed by atoms with E-state index in [0.29, 0.717) is 13.0 Å². The Morgan fingerprint density at radius 3 is 2.70 bits per heavy atom. The third kappa shape index (κ3) is 1.46. The van der Waals surface area contributed by atoms with Crippen LogP contribution in [0.4, 0.5) is 0 Å². The van der Waals surface area contributed by atoms with Crippen LogP contribution in [-0.2, 0) is 4.74 Å². The van der Waals surface area contributed by atoms with Crippen molar-refractivity contribution in [3.05, 3.63) is 0 Å². The predicted molar refractivity (Wildman–Crippen MR) is 33.2 cm³/mol. The van der Waals surface area contributed by atoms with Crippen LogP contribution in [-0.4, -0.2) is 40.9 Å².